The average molecular weight is 459 g/mol. The Morgan fingerprint density at radius 3 is 1.79 bits per heavy atom. The van der Waals surface area contributed by atoms with Crippen LogP contribution in [0.1, 0.15) is 76.6 Å². The highest BCUT2D eigenvalue weighted by Gasteiger charge is 2.29. The van der Waals surface area contributed by atoms with Gasteiger partial charge in [-0.05, 0) is 54.7 Å². The van der Waals surface area contributed by atoms with Crippen LogP contribution in [0.15, 0.2) is 78.9 Å². The van der Waals surface area contributed by atoms with E-state index >= 15 is 0 Å². The zero-order chi connectivity index (χ0) is 24.3. The van der Waals surface area contributed by atoms with Crippen molar-refractivity contribution in [2.24, 2.45) is 0 Å². The van der Waals surface area contributed by atoms with Crippen LogP contribution in [0.2, 0.25) is 0 Å². The van der Waals surface area contributed by atoms with Gasteiger partial charge in [0.15, 0.2) is 0 Å². The van der Waals surface area contributed by atoms with E-state index in [2.05, 4.69) is 13.8 Å². The quantitative estimate of drug-likeness (QED) is 0.265. The fraction of sp³-hybridized carbons (Fsp3) is 0.276. The molecular formula is C29H30O5. The van der Waals surface area contributed by atoms with E-state index in [1.54, 1.807) is 54.6 Å². The van der Waals surface area contributed by atoms with E-state index in [1.165, 1.54) is 0 Å². The summed E-state index contributed by atoms with van der Waals surface area (Å²) in [6.07, 6.45) is 3.63. The molecule has 0 saturated carbocycles. The van der Waals surface area contributed by atoms with Gasteiger partial charge in [-0.25, -0.2) is 14.4 Å². The first-order valence-corrected chi connectivity index (χ1v) is 11.7. The Hall–Kier alpha value is -3.73. The zero-order valence-electron chi connectivity index (χ0n) is 19.7. The fourth-order valence-electron chi connectivity index (χ4n) is 3.54. The summed E-state index contributed by atoms with van der Waals surface area (Å²) in [5.41, 5.74) is 3.24. The number of esters is 3. The van der Waals surface area contributed by atoms with Crippen molar-refractivity contribution in [3.8, 4) is 0 Å². The standard InChI is InChI=1S/C29H30O5/c1-3-5-10-22-15-19-24(20-16-22)27(30)33-26(23-11-7-6-8-12-23)29(32)34-28(31)25-17-13-21(9-4-2)14-18-25/h6-8,11-20,26H,3-5,9-10H2,1-2H3. The molecule has 0 saturated heterocycles. The van der Waals surface area contributed by atoms with Crippen LogP contribution in [0, 0.1) is 0 Å². The highest BCUT2D eigenvalue weighted by atomic mass is 16.6. The molecule has 0 bridgehead atoms. The Bertz CT molecular complexity index is 1090. The van der Waals surface area contributed by atoms with Crippen LogP contribution in [0.25, 0.3) is 0 Å². The van der Waals surface area contributed by atoms with Crippen molar-refractivity contribution in [2.75, 3.05) is 0 Å². The van der Waals surface area contributed by atoms with Gasteiger partial charge in [0, 0.05) is 5.56 Å². The van der Waals surface area contributed by atoms with E-state index < -0.39 is 24.0 Å². The Morgan fingerprint density at radius 1 is 0.676 bits per heavy atom. The lowest BCUT2D eigenvalue weighted by atomic mass is 10.1. The van der Waals surface area contributed by atoms with Gasteiger partial charge in [0.25, 0.3) is 0 Å². The monoisotopic (exact) mass is 458 g/mol. The third kappa shape index (κ3) is 6.88. The van der Waals surface area contributed by atoms with Crippen molar-refractivity contribution in [1.29, 1.82) is 0 Å². The molecule has 0 aliphatic rings. The van der Waals surface area contributed by atoms with Crippen LogP contribution in [-0.2, 0) is 27.1 Å². The van der Waals surface area contributed by atoms with E-state index in [0.29, 0.717) is 11.1 Å². The van der Waals surface area contributed by atoms with E-state index in [9.17, 15) is 14.4 Å². The number of hydrogen-bond acceptors (Lipinski definition) is 5. The van der Waals surface area contributed by atoms with Crippen LogP contribution < -0.4 is 0 Å². The number of benzene rings is 3. The summed E-state index contributed by atoms with van der Waals surface area (Å²) >= 11 is 0. The molecule has 34 heavy (non-hydrogen) atoms. The summed E-state index contributed by atoms with van der Waals surface area (Å²) in [7, 11) is 0. The number of unbranched alkanes of at least 4 members (excludes halogenated alkanes) is 1. The van der Waals surface area contributed by atoms with Gasteiger partial charge in [-0.1, -0.05) is 81.3 Å². The molecular weight excluding hydrogens is 428 g/mol. The van der Waals surface area contributed by atoms with Crippen LogP contribution in [-0.4, -0.2) is 17.9 Å². The van der Waals surface area contributed by atoms with E-state index in [1.807, 2.05) is 24.3 Å². The van der Waals surface area contributed by atoms with Crippen molar-refractivity contribution >= 4 is 17.9 Å². The molecule has 0 N–H and O–H groups in total. The average Bonchev–Trinajstić information content (AvgIpc) is 2.87. The van der Waals surface area contributed by atoms with Crippen molar-refractivity contribution in [2.45, 2.75) is 52.1 Å². The first-order chi connectivity index (χ1) is 16.5. The molecule has 0 aromatic heterocycles. The second-order valence-corrected chi connectivity index (χ2v) is 8.15. The molecule has 1 unspecified atom stereocenters. The number of rotatable bonds is 10. The van der Waals surface area contributed by atoms with E-state index in [-0.39, 0.29) is 5.56 Å². The van der Waals surface area contributed by atoms with Gasteiger partial charge >= 0.3 is 17.9 Å². The van der Waals surface area contributed by atoms with Crippen molar-refractivity contribution < 1.29 is 23.9 Å². The third-order valence-electron chi connectivity index (χ3n) is 5.47. The number of aryl methyl sites for hydroxylation is 2. The molecule has 0 heterocycles. The minimum Gasteiger partial charge on any atom is -0.442 e. The highest BCUT2D eigenvalue weighted by Crippen LogP contribution is 2.22. The van der Waals surface area contributed by atoms with Crippen molar-refractivity contribution in [1.82, 2.24) is 0 Å². The van der Waals surface area contributed by atoms with Gasteiger partial charge in [0.1, 0.15) is 0 Å². The molecule has 3 aromatic rings. The summed E-state index contributed by atoms with van der Waals surface area (Å²) in [6.45, 7) is 4.20. The molecule has 5 heteroatoms. The molecule has 176 valence electrons. The zero-order valence-corrected chi connectivity index (χ0v) is 19.7. The van der Waals surface area contributed by atoms with E-state index in [4.69, 9.17) is 9.47 Å². The maximum atomic E-state index is 12.9. The molecule has 3 aromatic carbocycles. The SMILES string of the molecule is CCCCc1ccc(C(=O)OC(C(=O)OC(=O)c2ccc(CCC)cc2)c2ccccc2)cc1. The first kappa shape index (κ1) is 24.9. The summed E-state index contributed by atoms with van der Waals surface area (Å²) in [4.78, 5) is 38.3. The van der Waals surface area contributed by atoms with Crippen LogP contribution in [0.3, 0.4) is 0 Å². The molecule has 0 radical (unpaired) electrons. The maximum Gasteiger partial charge on any atom is 0.360 e. The Morgan fingerprint density at radius 2 is 1.24 bits per heavy atom. The lowest BCUT2D eigenvalue weighted by molar-refractivity contribution is -0.148. The fourth-order valence-corrected chi connectivity index (χ4v) is 3.54. The molecule has 0 fully saturated rings. The van der Waals surface area contributed by atoms with Crippen LogP contribution in [0.4, 0.5) is 0 Å². The minimum absolute atomic E-state index is 0.258. The second kappa shape index (κ2) is 12.5. The molecule has 0 spiro atoms. The van der Waals surface area contributed by atoms with Gasteiger partial charge in [-0.2, -0.15) is 0 Å². The summed E-state index contributed by atoms with van der Waals surface area (Å²) in [6, 6.07) is 22.6. The maximum absolute atomic E-state index is 12.9. The van der Waals surface area contributed by atoms with Crippen molar-refractivity contribution in [3.05, 3.63) is 107 Å². The lowest BCUT2D eigenvalue weighted by Gasteiger charge is -2.17. The molecule has 5 nitrogen and oxygen atoms in total. The van der Waals surface area contributed by atoms with E-state index in [0.717, 1.165) is 43.2 Å². The minimum atomic E-state index is -1.36. The predicted molar refractivity (Wildman–Crippen MR) is 131 cm³/mol. The summed E-state index contributed by atoms with van der Waals surface area (Å²) < 4.78 is 10.6. The van der Waals surface area contributed by atoms with Gasteiger partial charge in [-0.3, -0.25) is 0 Å². The number of hydrogen-bond donors (Lipinski definition) is 0. The molecule has 0 aliphatic carbocycles. The summed E-state index contributed by atoms with van der Waals surface area (Å²) in [5, 5.41) is 0. The Kier molecular flexibility index (Phi) is 9.15. The topological polar surface area (TPSA) is 69.7 Å². The number of ether oxygens (including phenoxy) is 2. The predicted octanol–water partition coefficient (Wildman–Crippen LogP) is 6.26. The van der Waals surface area contributed by atoms with Gasteiger partial charge in [0.05, 0.1) is 11.1 Å². The first-order valence-electron chi connectivity index (χ1n) is 11.7. The Labute approximate surface area is 200 Å². The number of carbonyl (C=O) groups is 3. The summed E-state index contributed by atoms with van der Waals surface area (Å²) in [5.74, 6) is -2.39. The van der Waals surface area contributed by atoms with Crippen LogP contribution in [0.5, 0.6) is 0 Å². The molecule has 1 atom stereocenters. The second-order valence-electron chi connectivity index (χ2n) is 8.15. The third-order valence-corrected chi connectivity index (χ3v) is 5.47. The van der Waals surface area contributed by atoms with Gasteiger partial charge in [0.2, 0.25) is 6.10 Å². The normalized spacial score (nSPS) is 11.5. The Balaban J connectivity index is 1.73. The molecule has 3 rings (SSSR count). The van der Waals surface area contributed by atoms with Gasteiger partial charge in [-0.15, -0.1) is 0 Å². The van der Waals surface area contributed by atoms with Gasteiger partial charge < -0.3 is 9.47 Å². The molecule has 0 amide bonds. The lowest BCUT2D eigenvalue weighted by Crippen LogP contribution is -2.24. The number of carbonyl (C=O) groups excluding carboxylic acids is 3. The smallest absolute Gasteiger partial charge is 0.360 e. The largest absolute Gasteiger partial charge is 0.442 e. The van der Waals surface area contributed by atoms with Crippen molar-refractivity contribution in [3.63, 3.8) is 0 Å². The van der Waals surface area contributed by atoms with Crippen LogP contribution >= 0.6 is 0 Å². The highest BCUT2D eigenvalue weighted by molar-refractivity contribution is 5.99. The molecule has 0 aliphatic heterocycles.